The quantitative estimate of drug-likeness (QED) is 0.286. The Hall–Kier alpha value is -4.32. The molecule has 3 aliphatic heterocycles. The van der Waals surface area contributed by atoms with Gasteiger partial charge in [-0.1, -0.05) is 30.3 Å². The summed E-state index contributed by atoms with van der Waals surface area (Å²) in [5.74, 6) is 1.33. The molecule has 5 heterocycles. The number of methoxy groups -OCH3 is 1. The third kappa shape index (κ3) is 5.03. The maximum atomic E-state index is 13.4. The number of rotatable bonds is 8. The van der Waals surface area contributed by atoms with Crippen molar-refractivity contribution in [3.8, 4) is 22.6 Å². The molecule has 0 bridgehead atoms. The predicted octanol–water partition coefficient (Wildman–Crippen LogP) is 3.56. The molecule has 11 nitrogen and oxygen atoms in total. The molecule has 1 amide bonds. The van der Waals surface area contributed by atoms with Gasteiger partial charge in [-0.25, -0.2) is 9.97 Å². The number of fused-ring (bicyclic) bond motifs is 2. The molecule has 4 aliphatic rings. The lowest BCUT2D eigenvalue weighted by Gasteiger charge is -2.33. The molecule has 11 heteroatoms. The van der Waals surface area contributed by atoms with Crippen LogP contribution in [0.15, 0.2) is 67.1 Å². The van der Waals surface area contributed by atoms with Crippen molar-refractivity contribution in [3.05, 3.63) is 78.2 Å². The maximum absolute atomic E-state index is 13.4. The van der Waals surface area contributed by atoms with Gasteiger partial charge in [0.05, 0.1) is 36.7 Å². The van der Waals surface area contributed by atoms with Crippen LogP contribution >= 0.6 is 0 Å². The summed E-state index contributed by atoms with van der Waals surface area (Å²) in [6.45, 7) is 1.84. The molecule has 3 aromatic rings. The Kier molecular flexibility index (Phi) is 7.29. The fourth-order valence-electron chi connectivity index (χ4n) is 6.13. The first-order valence-corrected chi connectivity index (χ1v) is 14.7. The van der Waals surface area contributed by atoms with E-state index in [2.05, 4.69) is 38.1 Å². The summed E-state index contributed by atoms with van der Waals surface area (Å²) in [6, 6.07) is 16.1. The van der Waals surface area contributed by atoms with Crippen LogP contribution in [0.5, 0.6) is 0 Å². The van der Waals surface area contributed by atoms with Crippen LogP contribution in [0, 0.1) is 0 Å². The number of carbonyl (C=O) groups excluding carboxylic acids is 1. The Balaban J connectivity index is 1.31. The van der Waals surface area contributed by atoms with Crippen LogP contribution in [0.4, 0.5) is 5.82 Å². The number of aliphatic hydroxyl groups excluding tert-OH is 1. The molecule has 222 valence electrons. The van der Waals surface area contributed by atoms with Gasteiger partial charge in [0.1, 0.15) is 23.3 Å². The second-order valence-electron chi connectivity index (χ2n) is 11.4. The Morgan fingerprint density at radius 3 is 2.77 bits per heavy atom. The summed E-state index contributed by atoms with van der Waals surface area (Å²) in [6.07, 6.45) is 7.12. The van der Waals surface area contributed by atoms with Crippen LogP contribution < -0.4 is 10.2 Å². The minimum atomic E-state index is -0.524. The molecule has 1 saturated carbocycles. The molecule has 43 heavy (non-hydrogen) atoms. The Morgan fingerprint density at radius 1 is 1.14 bits per heavy atom. The van der Waals surface area contributed by atoms with Gasteiger partial charge in [0.25, 0.3) is 5.91 Å². The smallest absolute Gasteiger partial charge is 0.257 e. The third-order valence-electron chi connectivity index (χ3n) is 8.71. The van der Waals surface area contributed by atoms with Crippen LogP contribution in [-0.4, -0.2) is 80.8 Å². The van der Waals surface area contributed by atoms with E-state index in [4.69, 9.17) is 19.4 Å². The number of ether oxygens (including phenoxy) is 2. The van der Waals surface area contributed by atoms with E-state index in [0.717, 1.165) is 41.2 Å². The minimum Gasteiger partial charge on any atom is -0.391 e. The summed E-state index contributed by atoms with van der Waals surface area (Å²) in [4.78, 5) is 25.3. The average Bonchev–Trinajstić information content (AvgIpc) is 3.67. The molecular weight excluding hydrogens is 546 g/mol. The lowest BCUT2D eigenvalue weighted by molar-refractivity contribution is -0.0600. The zero-order valence-electron chi connectivity index (χ0n) is 24.3. The lowest BCUT2D eigenvalue weighted by atomic mass is 9.89. The average molecular weight is 582 g/mol. The van der Waals surface area contributed by atoms with Gasteiger partial charge in [0.2, 0.25) is 0 Å². The number of nitrogens with zero attached hydrogens (tertiary/aromatic N) is 6. The van der Waals surface area contributed by atoms with Crippen molar-refractivity contribution >= 4 is 17.4 Å². The van der Waals surface area contributed by atoms with Crippen molar-refractivity contribution in [2.45, 2.75) is 50.1 Å². The van der Waals surface area contributed by atoms with Crippen LogP contribution in [0.1, 0.15) is 41.2 Å². The first-order chi connectivity index (χ1) is 21.0. The highest BCUT2D eigenvalue weighted by atomic mass is 16.5. The van der Waals surface area contributed by atoms with Crippen LogP contribution in [0.3, 0.4) is 0 Å². The van der Waals surface area contributed by atoms with E-state index in [0.29, 0.717) is 43.1 Å². The van der Waals surface area contributed by atoms with Gasteiger partial charge in [-0.2, -0.15) is 9.61 Å². The molecule has 1 saturated heterocycles. The molecule has 0 radical (unpaired) electrons. The number of nitrogens with one attached hydrogen (secondary N) is 1. The van der Waals surface area contributed by atoms with Gasteiger partial charge in [0.15, 0.2) is 5.65 Å². The number of aromatic nitrogens is 5. The Bertz CT molecular complexity index is 1720. The topological polar surface area (TPSA) is 119 Å². The van der Waals surface area contributed by atoms with Crippen LogP contribution in [0.2, 0.25) is 0 Å². The van der Waals surface area contributed by atoms with Crippen LogP contribution in [0.25, 0.3) is 28.3 Å². The van der Waals surface area contributed by atoms with E-state index in [1.807, 2.05) is 49.8 Å². The van der Waals surface area contributed by atoms with Gasteiger partial charge < -0.3 is 29.4 Å². The summed E-state index contributed by atoms with van der Waals surface area (Å²) >= 11 is 0. The zero-order chi connectivity index (χ0) is 29.5. The first kappa shape index (κ1) is 27.5. The Morgan fingerprint density at radius 2 is 2.00 bits per heavy atom. The summed E-state index contributed by atoms with van der Waals surface area (Å²) in [5, 5.41) is 17.6. The molecule has 2 fully saturated rings. The summed E-state index contributed by atoms with van der Waals surface area (Å²) in [7, 11) is 3.72. The van der Waals surface area contributed by atoms with E-state index in [9.17, 15) is 9.90 Å². The molecule has 0 unspecified atom stereocenters. The van der Waals surface area contributed by atoms with Crippen LogP contribution in [-0.2, 0) is 16.0 Å². The minimum absolute atomic E-state index is 0.0701. The van der Waals surface area contributed by atoms with E-state index >= 15 is 0 Å². The fraction of sp³-hybridized carbons (Fsp3) is 0.375. The highest BCUT2D eigenvalue weighted by molar-refractivity contribution is 6.00. The highest BCUT2D eigenvalue weighted by Crippen LogP contribution is 2.37. The standard InChI is InChI=1S/C32H35N7O4/c1-37(18-20-7-4-3-5-8-20)29-15-25(35-31-23(17-34-39(29)31)32(41)36-24-10-11-27(24)40)22-16-33-30-21(22)9-6-13-38(30)26-12-14-43-19-28(26)42-2/h3-9,13,15-17,24,26-28,40H,10-12,14,18-19H2,1-2H3,(H,36,41)/t24-,26+,27+,28+/m0/s1. The molecule has 1 aliphatic carbocycles. The second-order valence-corrected chi connectivity index (χ2v) is 11.4. The van der Waals surface area contributed by atoms with E-state index in [1.165, 1.54) is 0 Å². The third-order valence-corrected chi connectivity index (χ3v) is 8.71. The zero-order valence-corrected chi connectivity index (χ0v) is 24.3. The molecule has 7 rings (SSSR count). The summed E-state index contributed by atoms with van der Waals surface area (Å²) < 4.78 is 15.3. The fourth-order valence-corrected chi connectivity index (χ4v) is 6.13. The molecule has 2 aromatic heterocycles. The Labute approximate surface area is 249 Å². The number of anilines is 1. The number of aliphatic hydroxyl groups is 1. The predicted molar refractivity (Wildman–Crippen MR) is 161 cm³/mol. The summed E-state index contributed by atoms with van der Waals surface area (Å²) in [5.41, 5.74) is 4.46. The lowest BCUT2D eigenvalue weighted by Crippen LogP contribution is -2.50. The number of benzene rings is 1. The number of amides is 1. The van der Waals surface area contributed by atoms with Crippen molar-refractivity contribution in [1.82, 2.24) is 29.5 Å². The SMILES string of the molecule is CO[C@@H]1COCC[C@H]1n1cccc2c(-c3cc(N(C)Cc4ccccc4)n4ncc(C(=O)N[C@H]5CC[C@H]5O)c4n3)cnc1-2. The number of hydrogen-bond acceptors (Lipinski definition) is 8. The molecular formula is C32H35N7O4. The normalized spacial score (nSPS) is 22.0. The van der Waals surface area contributed by atoms with Gasteiger partial charge in [0, 0.05) is 56.9 Å². The second kappa shape index (κ2) is 11.4. The van der Waals surface area contributed by atoms with E-state index in [-0.39, 0.29) is 24.1 Å². The maximum Gasteiger partial charge on any atom is 0.257 e. The number of pyridine rings is 1. The van der Waals surface area contributed by atoms with Gasteiger partial charge in [-0.15, -0.1) is 0 Å². The highest BCUT2D eigenvalue weighted by Gasteiger charge is 2.32. The van der Waals surface area contributed by atoms with Crippen molar-refractivity contribution in [3.63, 3.8) is 0 Å². The molecule has 4 atom stereocenters. The van der Waals surface area contributed by atoms with Crippen molar-refractivity contribution in [2.24, 2.45) is 0 Å². The van der Waals surface area contributed by atoms with Crippen molar-refractivity contribution in [2.75, 3.05) is 32.3 Å². The van der Waals surface area contributed by atoms with Crippen molar-refractivity contribution in [1.29, 1.82) is 0 Å². The van der Waals surface area contributed by atoms with E-state index in [1.54, 1.807) is 17.8 Å². The van der Waals surface area contributed by atoms with Gasteiger partial charge in [-0.3, -0.25) is 4.79 Å². The van der Waals surface area contributed by atoms with Gasteiger partial charge >= 0.3 is 0 Å². The monoisotopic (exact) mass is 581 g/mol. The molecule has 1 aromatic carbocycles. The van der Waals surface area contributed by atoms with E-state index < -0.39 is 6.10 Å². The first-order valence-electron chi connectivity index (χ1n) is 14.7. The van der Waals surface area contributed by atoms with Gasteiger partial charge in [-0.05, 0) is 37.0 Å². The van der Waals surface area contributed by atoms with Crippen molar-refractivity contribution < 1.29 is 19.4 Å². The largest absolute Gasteiger partial charge is 0.391 e. The number of hydrogen-bond donors (Lipinski definition) is 2. The number of carbonyl (C=O) groups is 1. The molecule has 0 spiro atoms. The molecule has 2 N–H and O–H groups in total.